The van der Waals surface area contributed by atoms with Crippen LogP contribution in [0.4, 0.5) is 26.3 Å². The SMILES string of the molecule is CCCNC(COCCC)C(C(F)(F)F)C(F)(F)F. The monoisotopic (exact) mass is 295 g/mol. The minimum absolute atomic E-state index is 0.0722. The molecule has 0 aromatic carbocycles. The van der Waals surface area contributed by atoms with E-state index < -0.39 is 30.9 Å². The highest BCUT2D eigenvalue weighted by molar-refractivity contribution is 4.87. The zero-order valence-electron chi connectivity index (χ0n) is 10.9. The lowest BCUT2D eigenvalue weighted by Gasteiger charge is -2.31. The topological polar surface area (TPSA) is 21.3 Å². The standard InChI is InChI=1S/C11H19F6NO/c1-3-5-18-8(7-19-6-4-2)9(10(12,13)14)11(15,16)17/h8-9,18H,3-7H2,1-2H3. The molecular formula is C11H19F6NO. The number of alkyl halides is 6. The van der Waals surface area contributed by atoms with Crippen molar-refractivity contribution in [3.05, 3.63) is 0 Å². The maximum absolute atomic E-state index is 12.6. The first-order valence-electron chi connectivity index (χ1n) is 6.09. The van der Waals surface area contributed by atoms with Crippen LogP contribution in [0, 0.1) is 5.92 Å². The summed E-state index contributed by atoms with van der Waals surface area (Å²) in [6.45, 7) is 2.97. The second kappa shape index (κ2) is 7.94. The molecule has 8 heteroatoms. The molecule has 0 aliphatic carbocycles. The van der Waals surface area contributed by atoms with E-state index >= 15 is 0 Å². The Morgan fingerprint density at radius 2 is 1.47 bits per heavy atom. The van der Waals surface area contributed by atoms with Crippen LogP contribution in [-0.2, 0) is 4.74 Å². The largest absolute Gasteiger partial charge is 0.402 e. The van der Waals surface area contributed by atoms with Gasteiger partial charge in [0.15, 0.2) is 5.92 Å². The summed E-state index contributed by atoms with van der Waals surface area (Å²) in [6.07, 6.45) is -9.73. The fourth-order valence-corrected chi connectivity index (χ4v) is 1.60. The summed E-state index contributed by atoms with van der Waals surface area (Å²) in [5, 5.41) is 2.28. The molecule has 0 aliphatic heterocycles. The number of ether oxygens (including phenoxy) is 1. The van der Waals surface area contributed by atoms with Crippen LogP contribution < -0.4 is 5.32 Å². The second-order valence-electron chi connectivity index (χ2n) is 4.20. The van der Waals surface area contributed by atoms with E-state index in [9.17, 15) is 26.3 Å². The second-order valence-corrected chi connectivity index (χ2v) is 4.20. The maximum Gasteiger partial charge on any atom is 0.402 e. The van der Waals surface area contributed by atoms with E-state index in [-0.39, 0.29) is 13.2 Å². The molecule has 0 heterocycles. The lowest BCUT2D eigenvalue weighted by atomic mass is 9.98. The lowest BCUT2D eigenvalue weighted by Crippen LogP contribution is -2.53. The van der Waals surface area contributed by atoms with Crippen LogP contribution in [0.15, 0.2) is 0 Å². The van der Waals surface area contributed by atoms with Crippen LogP contribution in [0.2, 0.25) is 0 Å². The highest BCUT2D eigenvalue weighted by Gasteiger charge is 2.60. The Hall–Kier alpha value is -0.500. The van der Waals surface area contributed by atoms with E-state index in [0.717, 1.165) is 0 Å². The molecule has 0 saturated heterocycles. The predicted molar refractivity (Wildman–Crippen MR) is 58.8 cm³/mol. The fraction of sp³-hybridized carbons (Fsp3) is 1.00. The van der Waals surface area contributed by atoms with Gasteiger partial charge in [0.05, 0.1) is 12.6 Å². The third-order valence-electron chi connectivity index (χ3n) is 2.41. The molecule has 0 bridgehead atoms. The average molecular weight is 295 g/mol. The van der Waals surface area contributed by atoms with Crippen LogP contribution in [-0.4, -0.2) is 38.2 Å². The fourth-order valence-electron chi connectivity index (χ4n) is 1.60. The number of halogens is 6. The first kappa shape index (κ1) is 18.5. The quantitative estimate of drug-likeness (QED) is 0.546. The Morgan fingerprint density at radius 3 is 1.84 bits per heavy atom. The molecule has 0 saturated carbocycles. The number of rotatable bonds is 8. The lowest BCUT2D eigenvalue weighted by molar-refractivity contribution is -0.294. The summed E-state index contributed by atoms with van der Waals surface area (Å²) in [6, 6.07) is -1.81. The van der Waals surface area contributed by atoms with Crippen molar-refractivity contribution in [1.29, 1.82) is 0 Å². The van der Waals surface area contributed by atoms with Crippen molar-refractivity contribution in [3.63, 3.8) is 0 Å². The molecule has 116 valence electrons. The Kier molecular flexibility index (Phi) is 7.73. The van der Waals surface area contributed by atoms with Gasteiger partial charge in [-0.1, -0.05) is 13.8 Å². The van der Waals surface area contributed by atoms with Crippen LogP contribution >= 0.6 is 0 Å². The minimum Gasteiger partial charge on any atom is -0.380 e. The molecule has 0 spiro atoms. The van der Waals surface area contributed by atoms with Crippen LogP contribution in [0.3, 0.4) is 0 Å². The van der Waals surface area contributed by atoms with Crippen molar-refractivity contribution < 1.29 is 31.1 Å². The van der Waals surface area contributed by atoms with E-state index in [1.165, 1.54) is 0 Å². The molecule has 0 aromatic heterocycles. The Bertz CT molecular complexity index is 226. The Morgan fingerprint density at radius 1 is 0.947 bits per heavy atom. The van der Waals surface area contributed by atoms with Gasteiger partial charge >= 0.3 is 12.4 Å². The Balaban J connectivity index is 4.91. The summed E-state index contributed by atoms with van der Waals surface area (Å²) in [7, 11) is 0. The van der Waals surface area contributed by atoms with Gasteiger partial charge in [-0.2, -0.15) is 26.3 Å². The van der Waals surface area contributed by atoms with Gasteiger partial charge in [-0.25, -0.2) is 0 Å². The minimum atomic E-state index is -5.35. The summed E-state index contributed by atoms with van der Waals surface area (Å²) >= 11 is 0. The summed E-state index contributed by atoms with van der Waals surface area (Å²) in [4.78, 5) is 0. The van der Waals surface area contributed by atoms with Crippen LogP contribution in [0.5, 0.6) is 0 Å². The summed E-state index contributed by atoms with van der Waals surface area (Å²) < 4.78 is 80.4. The number of hydrogen-bond acceptors (Lipinski definition) is 2. The normalized spacial score (nSPS) is 15.0. The van der Waals surface area contributed by atoms with Gasteiger partial charge in [-0.3, -0.25) is 0 Å². The van der Waals surface area contributed by atoms with E-state index in [1.54, 1.807) is 13.8 Å². The smallest absolute Gasteiger partial charge is 0.380 e. The average Bonchev–Trinajstić information content (AvgIpc) is 2.21. The van der Waals surface area contributed by atoms with Gasteiger partial charge < -0.3 is 10.1 Å². The van der Waals surface area contributed by atoms with Gasteiger partial charge in [0.1, 0.15) is 0 Å². The van der Waals surface area contributed by atoms with Crippen molar-refractivity contribution in [1.82, 2.24) is 5.32 Å². The first-order chi connectivity index (χ1) is 8.64. The van der Waals surface area contributed by atoms with Crippen LogP contribution in [0.1, 0.15) is 26.7 Å². The van der Waals surface area contributed by atoms with Gasteiger partial charge in [-0.15, -0.1) is 0 Å². The molecule has 1 atom stereocenters. The summed E-state index contributed by atoms with van der Waals surface area (Å²) in [5.41, 5.74) is 0. The van der Waals surface area contributed by atoms with E-state index in [0.29, 0.717) is 12.8 Å². The molecule has 1 N–H and O–H groups in total. The zero-order valence-corrected chi connectivity index (χ0v) is 10.9. The third-order valence-corrected chi connectivity index (χ3v) is 2.41. The highest BCUT2D eigenvalue weighted by Crippen LogP contribution is 2.41. The van der Waals surface area contributed by atoms with E-state index in [2.05, 4.69) is 5.32 Å². The van der Waals surface area contributed by atoms with Crippen molar-refractivity contribution in [2.24, 2.45) is 5.92 Å². The molecule has 0 fully saturated rings. The zero-order chi connectivity index (χ0) is 15.1. The molecule has 19 heavy (non-hydrogen) atoms. The summed E-state index contributed by atoms with van der Waals surface area (Å²) in [5.74, 6) is -3.41. The third kappa shape index (κ3) is 7.00. The predicted octanol–water partition coefficient (Wildman–Crippen LogP) is 3.52. The molecular weight excluding hydrogens is 276 g/mol. The van der Waals surface area contributed by atoms with Crippen molar-refractivity contribution >= 4 is 0 Å². The molecule has 1 unspecified atom stereocenters. The first-order valence-corrected chi connectivity index (χ1v) is 6.09. The number of hydrogen-bond donors (Lipinski definition) is 1. The van der Waals surface area contributed by atoms with E-state index in [1.807, 2.05) is 0 Å². The van der Waals surface area contributed by atoms with E-state index in [4.69, 9.17) is 4.74 Å². The maximum atomic E-state index is 12.6. The molecule has 0 aliphatic rings. The molecule has 0 amide bonds. The molecule has 2 nitrogen and oxygen atoms in total. The van der Waals surface area contributed by atoms with Crippen molar-refractivity contribution in [2.75, 3.05) is 19.8 Å². The Labute approximate surface area is 108 Å². The molecule has 0 radical (unpaired) electrons. The molecule has 0 aromatic rings. The molecule has 0 rings (SSSR count). The van der Waals surface area contributed by atoms with Gasteiger partial charge in [-0.05, 0) is 19.4 Å². The van der Waals surface area contributed by atoms with Crippen LogP contribution in [0.25, 0.3) is 0 Å². The van der Waals surface area contributed by atoms with Gasteiger partial charge in [0, 0.05) is 6.61 Å². The van der Waals surface area contributed by atoms with Crippen molar-refractivity contribution in [3.8, 4) is 0 Å². The van der Waals surface area contributed by atoms with Gasteiger partial charge in [0.2, 0.25) is 0 Å². The van der Waals surface area contributed by atoms with Gasteiger partial charge in [0.25, 0.3) is 0 Å². The highest BCUT2D eigenvalue weighted by atomic mass is 19.4. The number of nitrogens with one attached hydrogen (secondary N) is 1. The van der Waals surface area contributed by atoms with Crippen molar-refractivity contribution in [2.45, 2.75) is 45.1 Å².